The van der Waals surface area contributed by atoms with E-state index in [0.717, 1.165) is 58.3 Å². The van der Waals surface area contributed by atoms with Crippen molar-refractivity contribution in [3.63, 3.8) is 0 Å². The van der Waals surface area contributed by atoms with Crippen LogP contribution in [0.1, 0.15) is 50.3 Å². The summed E-state index contributed by atoms with van der Waals surface area (Å²) in [6, 6.07) is 7.97. The Bertz CT molecular complexity index is 1090. The first-order valence-electron chi connectivity index (χ1n) is 10.3. The number of esters is 1. The molecule has 0 atom stereocenters. The van der Waals surface area contributed by atoms with Gasteiger partial charge in [-0.2, -0.15) is 0 Å². The highest BCUT2D eigenvalue weighted by Gasteiger charge is 2.19. The van der Waals surface area contributed by atoms with Crippen molar-refractivity contribution in [3.8, 4) is 11.1 Å². The molecule has 4 rings (SSSR count). The summed E-state index contributed by atoms with van der Waals surface area (Å²) in [5.41, 5.74) is 4.50. The zero-order valence-electron chi connectivity index (χ0n) is 17.2. The number of anilines is 1. The lowest BCUT2D eigenvalue weighted by molar-refractivity contribution is -0.149. The number of hydrogen-bond donors (Lipinski definition) is 1. The molecule has 0 spiro atoms. The first kappa shape index (κ1) is 20.5. The Morgan fingerprint density at radius 1 is 1.17 bits per heavy atom. The number of amides is 1. The molecule has 1 amide bonds. The van der Waals surface area contributed by atoms with E-state index < -0.39 is 0 Å². The molecule has 30 heavy (non-hydrogen) atoms. The zero-order valence-corrected chi connectivity index (χ0v) is 18.1. The van der Waals surface area contributed by atoms with Crippen LogP contribution >= 0.6 is 11.3 Å². The Morgan fingerprint density at radius 2 is 1.97 bits per heavy atom. The summed E-state index contributed by atoms with van der Waals surface area (Å²) in [7, 11) is 0. The van der Waals surface area contributed by atoms with Crippen molar-refractivity contribution in [1.29, 1.82) is 0 Å². The Morgan fingerprint density at radius 3 is 2.73 bits per heavy atom. The van der Waals surface area contributed by atoms with Gasteiger partial charge in [0.1, 0.15) is 6.10 Å². The number of pyridine rings is 1. The van der Waals surface area contributed by atoms with Crippen LogP contribution in [0.5, 0.6) is 0 Å². The van der Waals surface area contributed by atoms with Gasteiger partial charge >= 0.3 is 5.97 Å². The third kappa shape index (κ3) is 4.84. The van der Waals surface area contributed by atoms with Crippen LogP contribution in [-0.2, 0) is 20.7 Å². The van der Waals surface area contributed by atoms with Gasteiger partial charge in [-0.15, -0.1) is 0 Å². The number of nitrogens with one attached hydrogen (secondary N) is 1. The molecule has 2 heterocycles. The Labute approximate surface area is 179 Å². The largest absolute Gasteiger partial charge is 0.462 e. The lowest BCUT2D eigenvalue weighted by atomic mass is 9.97. The van der Waals surface area contributed by atoms with Gasteiger partial charge < -0.3 is 10.1 Å². The molecule has 1 fully saturated rings. The van der Waals surface area contributed by atoms with E-state index in [1.54, 1.807) is 0 Å². The highest BCUT2D eigenvalue weighted by atomic mass is 32.1. The summed E-state index contributed by atoms with van der Waals surface area (Å²) in [4.78, 5) is 32.7. The summed E-state index contributed by atoms with van der Waals surface area (Å²) >= 11 is 1.43. The Balaban J connectivity index is 1.53. The van der Waals surface area contributed by atoms with Gasteiger partial charge in [0.15, 0.2) is 5.13 Å². The molecule has 156 valence electrons. The Hall–Kier alpha value is -2.80. The second-order valence-corrected chi connectivity index (χ2v) is 8.81. The average molecular weight is 424 g/mol. The van der Waals surface area contributed by atoms with Gasteiger partial charge in [-0.25, -0.2) is 4.98 Å². The van der Waals surface area contributed by atoms with Crippen molar-refractivity contribution in [2.24, 2.45) is 0 Å². The van der Waals surface area contributed by atoms with Crippen molar-refractivity contribution in [2.45, 2.75) is 58.5 Å². The van der Waals surface area contributed by atoms with Crippen LogP contribution in [0.3, 0.4) is 0 Å². The molecular weight excluding hydrogens is 398 g/mol. The number of nitrogens with zero attached hydrogens (tertiary/aromatic N) is 2. The maximum atomic E-state index is 12.5. The number of rotatable bonds is 5. The van der Waals surface area contributed by atoms with E-state index in [1.807, 2.05) is 37.4 Å². The lowest BCUT2D eigenvalue weighted by Crippen LogP contribution is -2.22. The molecule has 1 aliphatic carbocycles. The molecule has 0 bridgehead atoms. The fraction of sp³-hybridized carbons (Fsp3) is 0.391. The summed E-state index contributed by atoms with van der Waals surface area (Å²) in [5, 5.41) is 3.32. The van der Waals surface area contributed by atoms with Crippen LogP contribution in [0.25, 0.3) is 21.3 Å². The van der Waals surface area contributed by atoms with Crippen LogP contribution in [0.2, 0.25) is 0 Å². The van der Waals surface area contributed by atoms with Crippen LogP contribution in [-0.4, -0.2) is 27.9 Å². The molecule has 7 heteroatoms. The van der Waals surface area contributed by atoms with Crippen molar-refractivity contribution >= 4 is 38.6 Å². The SMILES string of the molecule is CC(=O)Nc1nc2ccc(-c3cnc(C)c(CC(=O)OC4CCCCC4)c3)cc2s1. The van der Waals surface area contributed by atoms with Gasteiger partial charge in [-0.3, -0.25) is 14.6 Å². The molecule has 0 saturated heterocycles. The Kier molecular flexibility index (Phi) is 6.08. The normalized spacial score (nSPS) is 14.6. The van der Waals surface area contributed by atoms with Gasteiger partial charge in [-0.05, 0) is 61.9 Å². The van der Waals surface area contributed by atoms with Crippen molar-refractivity contribution in [3.05, 3.63) is 41.7 Å². The molecular formula is C23H25N3O3S. The number of thiazole rings is 1. The topological polar surface area (TPSA) is 81.2 Å². The molecule has 1 aromatic carbocycles. The van der Waals surface area contributed by atoms with E-state index >= 15 is 0 Å². The van der Waals surface area contributed by atoms with Gasteiger partial charge in [0, 0.05) is 24.4 Å². The molecule has 6 nitrogen and oxygen atoms in total. The van der Waals surface area contributed by atoms with Crippen LogP contribution in [0.15, 0.2) is 30.5 Å². The smallest absolute Gasteiger partial charge is 0.310 e. The van der Waals surface area contributed by atoms with E-state index in [1.165, 1.54) is 24.7 Å². The van der Waals surface area contributed by atoms with Gasteiger partial charge in [0.2, 0.25) is 5.91 Å². The number of benzene rings is 1. The van der Waals surface area contributed by atoms with Gasteiger partial charge in [0.25, 0.3) is 0 Å². The number of fused-ring (bicyclic) bond motifs is 1. The summed E-state index contributed by atoms with van der Waals surface area (Å²) in [5.74, 6) is -0.316. The molecule has 0 unspecified atom stereocenters. The predicted octanol–water partition coefficient (Wildman–Crippen LogP) is 5.04. The second kappa shape index (κ2) is 8.92. The average Bonchev–Trinajstić information content (AvgIpc) is 3.11. The van der Waals surface area contributed by atoms with Crippen LogP contribution < -0.4 is 5.32 Å². The lowest BCUT2D eigenvalue weighted by Gasteiger charge is -2.22. The van der Waals surface area contributed by atoms with Crippen LogP contribution in [0.4, 0.5) is 5.13 Å². The van der Waals surface area contributed by atoms with E-state index in [2.05, 4.69) is 15.3 Å². The molecule has 0 aliphatic heterocycles. The first-order chi connectivity index (χ1) is 14.5. The number of aromatic nitrogens is 2. The monoisotopic (exact) mass is 423 g/mol. The molecule has 2 aromatic heterocycles. The van der Waals surface area contributed by atoms with Crippen molar-refractivity contribution < 1.29 is 14.3 Å². The molecule has 3 aromatic rings. The second-order valence-electron chi connectivity index (χ2n) is 7.78. The fourth-order valence-electron chi connectivity index (χ4n) is 3.79. The van der Waals surface area contributed by atoms with Gasteiger partial charge in [-0.1, -0.05) is 23.8 Å². The fourth-order valence-corrected chi connectivity index (χ4v) is 4.74. The number of carbonyl (C=O) groups is 2. The quantitative estimate of drug-likeness (QED) is 0.581. The zero-order chi connectivity index (χ0) is 21.1. The van der Waals surface area contributed by atoms with Crippen LogP contribution in [0, 0.1) is 6.92 Å². The van der Waals surface area contributed by atoms with Crippen molar-refractivity contribution in [2.75, 3.05) is 5.32 Å². The summed E-state index contributed by atoms with van der Waals surface area (Å²) < 4.78 is 6.66. The van der Waals surface area contributed by atoms with Gasteiger partial charge in [0.05, 0.1) is 16.6 Å². The van der Waals surface area contributed by atoms with Crippen molar-refractivity contribution in [1.82, 2.24) is 9.97 Å². The van der Waals surface area contributed by atoms with E-state index in [9.17, 15) is 9.59 Å². The van der Waals surface area contributed by atoms with E-state index in [0.29, 0.717) is 5.13 Å². The molecule has 1 saturated carbocycles. The number of carbonyl (C=O) groups excluding carboxylic acids is 2. The summed E-state index contributed by atoms with van der Waals surface area (Å²) in [6.07, 6.45) is 7.57. The standard InChI is InChI=1S/C23H25N3O3S/c1-14-17(12-22(28)29-19-6-4-3-5-7-19)10-18(13-24-14)16-8-9-20-21(11-16)30-23(26-20)25-15(2)27/h8-11,13,19H,3-7,12H2,1-2H3,(H,25,26,27). The highest BCUT2D eigenvalue weighted by Crippen LogP contribution is 2.31. The highest BCUT2D eigenvalue weighted by molar-refractivity contribution is 7.22. The minimum atomic E-state index is -0.179. The minimum absolute atomic E-state index is 0.0641. The maximum Gasteiger partial charge on any atom is 0.310 e. The maximum absolute atomic E-state index is 12.5. The molecule has 0 radical (unpaired) electrons. The number of ether oxygens (including phenoxy) is 1. The third-order valence-electron chi connectivity index (χ3n) is 5.38. The van der Waals surface area contributed by atoms with E-state index in [-0.39, 0.29) is 24.4 Å². The number of aryl methyl sites for hydroxylation is 1. The summed E-state index contributed by atoms with van der Waals surface area (Å²) in [6.45, 7) is 3.38. The number of hydrogen-bond acceptors (Lipinski definition) is 6. The minimum Gasteiger partial charge on any atom is -0.462 e. The predicted molar refractivity (Wildman–Crippen MR) is 119 cm³/mol. The van der Waals surface area contributed by atoms with E-state index in [4.69, 9.17) is 4.74 Å². The molecule has 1 N–H and O–H groups in total. The third-order valence-corrected chi connectivity index (χ3v) is 6.32. The molecule has 1 aliphatic rings. The first-order valence-corrected chi connectivity index (χ1v) is 11.1.